The molecular formula is C19H32Cl2N8. The number of H-pyrrole nitrogens is 1. The van der Waals surface area contributed by atoms with Crippen molar-refractivity contribution in [3.8, 4) is 0 Å². The van der Waals surface area contributed by atoms with E-state index in [1.807, 2.05) is 0 Å². The first-order chi connectivity index (χ1) is 13.2. The van der Waals surface area contributed by atoms with Crippen molar-refractivity contribution < 1.29 is 33.8 Å². The van der Waals surface area contributed by atoms with Gasteiger partial charge in [0.2, 0.25) is 12.6 Å². The Morgan fingerprint density at radius 2 is 1.17 bits per heavy atom. The molecule has 0 unspecified atom stereocenters. The van der Waals surface area contributed by atoms with E-state index in [0.29, 0.717) is 12.6 Å². The third-order valence-corrected chi connectivity index (χ3v) is 8.61. The molecule has 1 aromatic rings. The molecule has 6 aliphatic heterocycles. The monoisotopic (exact) mass is 442 g/mol. The largest absolute Gasteiger partial charge is 1.00 e. The van der Waals surface area contributed by atoms with Crippen molar-refractivity contribution >= 4 is 0 Å². The van der Waals surface area contributed by atoms with E-state index < -0.39 is 0 Å². The summed E-state index contributed by atoms with van der Waals surface area (Å²) in [7, 11) is 0. The lowest BCUT2D eigenvalue weighted by molar-refractivity contribution is -0.949. The molecule has 6 saturated heterocycles. The summed E-state index contributed by atoms with van der Waals surface area (Å²) in [4.78, 5) is 10.8. The molecule has 8 nitrogen and oxygen atoms in total. The second-order valence-electron chi connectivity index (χ2n) is 9.87. The highest BCUT2D eigenvalue weighted by atomic mass is 35.5. The number of rotatable bonds is 4. The molecule has 0 atom stereocenters. The van der Waals surface area contributed by atoms with Gasteiger partial charge < -0.3 is 24.8 Å². The predicted molar refractivity (Wildman–Crippen MR) is 99.9 cm³/mol. The number of hydrogen-bond acceptors (Lipinski definition) is 5. The maximum Gasteiger partial charge on any atom is 0.206 e. The Morgan fingerprint density at radius 1 is 0.724 bits per heavy atom. The van der Waals surface area contributed by atoms with Gasteiger partial charge in [0.1, 0.15) is 18.8 Å². The van der Waals surface area contributed by atoms with E-state index in [4.69, 9.17) is 5.10 Å². The number of hydrogen-bond donors (Lipinski definition) is 1. The number of nitrogens with zero attached hydrogens (tertiary/aromatic N) is 7. The summed E-state index contributed by atoms with van der Waals surface area (Å²) in [6, 6.07) is 2.40. The van der Waals surface area contributed by atoms with Crippen LogP contribution < -0.4 is 24.8 Å². The maximum atomic E-state index is 4.80. The number of aromatic amines is 1. The van der Waals surface area contributed by atoms with Crippen molar-refractivity contribution in [3.63, 3.8) is 0 Å². The van der Waals surface area contributed by atoms with Gasteiger partial charge in [0.25, 0.3) is 0 Å². The van der Waals surface area contributed by atoms with E-state index in [-0.39, 0.29) is 24.8 Å². The van der Waals surface area contributed by atoms with Crippen LogP contribution >= 0.6 is 0 Å². The Bertz CT molecular complexity index is 679. The molecule has 7 heterocycles. The highest BCUT2D eigenvalue weighted by molar-refractivity contribution is 5.08. The molecule has 0 spiro atoms. The summed E-state index contributed by atoms with van der Waals surface area (Å²) < 4.78 is 2.47. The Labute approximate surface area is 185 Å². The normalized spacial score (nSPS) is 41.0. The number of nitrogens with one attached hydrogen (secondary N) is 1. The van der Waals surface area contributed by atoms with Gasteiger partial charge in [0.15, 0.2) is 0 Å². The number of halogens is 2. The third kappa shape index (κ3) is 2.77. The lowest BCUT2D eigenvalue weighted by atomic mass is 10.2. The van der Waals surface area contributed by atoms with Gasteiger partial charge in [-0.2, -0.15) is 5.10 Å². The molecule has 10 heteroatoms. The average molecular weight is 443 g/mol. The lowest BCUT2D eigenvalue weighted by Gasteiger charge is -2.34. The van der Waals surface area contributed by atoms with Crippen molar-refractivity contribution in [2.45, 2.75) is 25.7 Å². The Balaban J connectivity index is 0.000000907. The van der Waals surface area contributed by atoms with Crippen LogP contribution in [0.15, 0.2) is 6.07 Å². The molecule has 162 valence electrons. The lowest BCUT2D eigenvalue weighted by Crippen LogP contribution is -3.00. The average Bonchev–Trinajstić information content (AvgIpc) is 3.46. The highest BCUT2D eigenvalue weighted by Crippen LogP contribution is 2.39. The molecule has 0 saturated carbocycles. The summed E-state index contributed by atoms with van der Waals surface area (Å²) in [5.74, 6) is 0. The van der Waals surface area contributed by atoms with Crippen molar-refractivity contribution in [2.24, 2.45) is 0 Å². The molecule has 6 fully saturated rings. The van der Waals surface area contributed by atoms with E-state index in [0.717, 1.165) is 13.1 Å². The van der Waals surface area contributed by atoms with E-state index in [9.17, 15) is 0 Å². The SMILES string of the molecule is [Cl-].[Cl-].c1c(C[N+]23CCN4CCN(CC2)C43)n[nH]c1C[N+]12CCN3CCN(CC1)C32. The zero-order chi connectivity index (χ0) is 17.6. The second kappa shape index (κ2) is 7.03. The molecule has 0 radical (unpaired) electrons. The second-order valence-corrected chi connectivity index (χ2v) is 9.87. The van der Waals surface area contributed by atoms with Crippen LogP contribution in [-0.4, -0.2) is 130 Å². The Kier molecular flexibility index (Phi) is 4.96. The zero-order valence-electron chi connectivity index (χ0n) is 17.0. The molecule has 0 aromatic carbocycles. The van der Waals surface area contributed by atoms with Crippen molar-refractivity contribution in [1.82, 2.24) is 29.8 Å². The van der Waals surface area contributed by atoms with Crippen LogP contribution in [0.4, 0.5) is 0 Å². The first-order valence-corrected chi connectivity index (χ1v) is 11.0. The Hall–Kier alpha value is -0.450. The molecule has 0 aliphatic carbocycles. The van der Waals surface area contributed by atoms with Gasteiger partial charge in [0.05, 0.1) is 58.1 Å². The summed E-state index contributed by atoms with van der Waals surface area (Å²) in [5.41, 5.74) is 2.65. The molecule has 0 bridgehead atoms. The topological polar surface area (TPSA) is 41.6 Å². The van der Waals surface area contributed by atoms with Crippen LogP contribution in [0, 0.1) is 0 Å². The fourth-order valence-electron chi connectivity index (χ4n) is 7.44. The van der Waals surface area contributed by atoms with E-state index in [1.54, 1.807) is 0 Å². The summed E-state index contributed by atoms with van der Waals surface area (Å²) in [6.45, 7) is 17.6. The van der Waals surface area contributed by atoms with Crippen LogP contribution in [0.3, 0.4) is 0 Å². The van der Waals surface area contributed by atoms with Gasteiger partial charge in [0, 0.05) is 26.2 Å². The van der Waals surface area contributed by atoms with Crippen LogP contribution in [0.5, 0.6) is 0 Å². The molecule has 29 heavy (non-hydrogen) atoms. The smallest absolute Gasteiger partial charge is 0.206 e. The fraction of sp³-hybridized carbons (Fsp3) is 0.842. The van der Waals surface area contributed by atoms with Gasteiger partial charge in [-0.3, -0.25) is 14.1 Å². The highest BCUT2D eigenvalue weighted by Gasteiger charge is 2.58. The first-order valence-electron chi connectivity index (χ1n) is 11.0. The standard InChI is InChI=1S/C19H32N8.2ClH/c1-2-23-6-10-26(9-5-22(1)18(23)26)14-16-13-17(21-20-16)15-27-11-7-24-3-4-25(8-12-27)19(24)27;;/h13,18-19H,1-12,14-15H2,(H,20,21);2*1H/q+2;;/p-2. The third-order valence-electron chi connectivity index (χ3n) is 8.61. The van der Waals surface area contributed by atoms with Gasteiger partial charge in [-0.15, -0.1) is 0 Å². The summed E-state index contributed by atoms with van der Waals surface area (Å²) in [5, 5.41) is 8.24. The summed E-state index contributed by atoms with van der Waals surface area (Å²) >= 11 is 0. The summed E-state index contributed by atoms with van der Waals surface area (Å²) in [6.07, 6.45) is 1.29. The molecule has 7 rings (SSSR count). The molecule has 1 aromatic heterocycles. The molecule has 1 N–H and O–H groups in total. The minimum Gasteiger partial charge on any atom is -1.00 e. The minimum absolute atomic E-state index is 0. The first kappa shape index (κ1) is 20.5. The van der Waals surface area contributed by atoms with Gasteiger partial charge in [-0.25, -0.2) is 19.6 Å². The van der Waals surface area contributed by atoms with E-state index in [2.05, 4.69) is 30.8 Å². The van der Waals surface area contributed by atoms with Crippen molar-refractivity contribution in [1.29, 1.82) is 0 Å². The van der Waals surface area contributed by atoms with Gasteiger partial charge in [-0.1, -0.05) is 0 Å². The quantitative estimate of drug-likeness (QED) is 0.469. The zero-order valence-corrected chi connectivity index (χ0v) is 18.5. The molecular weight excluding hydrogens is 411 g/mol. The van der Waals surface area contributed by atoms with Crippen LogP contribution in [-0.2, 0) is 13.1 Å². The van der Waals surface area contributed by atoms with E-state index in [1.165, 1.54) is 98.9 Å². The van der Waals surface area contributed by atoms with Crippen LogP contribution in [0.1, 0.15) is 11.4 Å². The van der Waals surface area contributed by atoms with Gasteiger partial charge in [-0.05, 0) is 6.07 Å². The van der Waals surface area contributed by atoms with Gasteiger partial charge >= 0.3 is 0 Å². The fourth-order valence-corrected chi connectivity index (χ4v) is 7.44. The number of quaternary nitrogens is 2. The van der Waals surface area contributed by atoms with Crippen LogP contribution in [0.25, 0.3) is 0 Å². The van der Waals surface area contributed by atoms with Crippen molar-refractivity contribution in [2.75, 3.05) is 78.5 Å². The van der Waals surface area contributed by atoms with Crippen molar-refractivity contribution in [3.05, 3.63) is 17.5 Å². The Morgan fingerprint density at radius 3 is 1.66 bits per heavy atom. The molecule has 0 amide bonds. The molecule has 6 aliphatic rings. The predicted octanol–water partition coefficient (Wildman–Crippen LogP) is -7.09. The maximum absolute atomic E-state index is 4.80. The van der Waals surface area contributed by atoms with E-state index >= 15 is 0 Å². The number of aromatic nitrogens is 2. The van der Waals surface area contributed by atoms with Crippen LogP contribution in [0.2, 0.25) is 0 Å². The minimum atomic E-state index is 0.